The predicted octanol–water partition coefficient (Wildman–Crippen LogP) is 3.18. The van der Waals surface area contributed by atoms with Gasteiger partial charge in [-0.1, -0.05) is 6.07 Å². The molecule has 5 heteroatoms. The third-order valence-corrected chi connectivity index (χ3v) is 4.35. The van der Waals surface area contributed by atoms with Crippen molar-refractivity contribution >= 4 is 17.2 Å². The molecule has 0 fully saturated rings. The molecule has 0 aliphatic rings. The molecule has 3 aromatic rings. The van der Waals surface area contributed by atoms with Gasteiger partial charge in [0.25, 0.3) is 5.91 Å². The maximum atomic E-state index is 12.2. The van der Waals surface area contributed by atoms with Crippen LogP contribution in [0.4, 0.5) is 0 Å². The number of aromatic nitrogens is 2. The molecule has 0 unspecified atom stereocenters. The molecule has 0 bridgehead atoms. The second kappa shape index (κ2) is 6.95. The van der Waals surface area contributed by atoms with Gasteiger partial charge in [0.1, 0.15) is 0 Å². The number of rotatable bonds is 5. The van der Waals surface area contributed by atoms with Crippen LogP contribution in [0.5, 0.6) is 0 Å². The maximum absolute atomic E-state index is 12.2. The van der Waals surface area contributed by atoms with E-state index in [1.807, 2.05) is 42.6 Å². The van der Waals surface area contributed by atoms with Crippen LogP contribution >= 0.6 is 11.3 Å². The molecule has 4 nitrogen and oxygen atoms in total. The van der Waals surface area contributed by atoms with Gasteiger partial charge in [-0.3, -0.25) is 14.8 Å². The molecule has 0 saturated heterocycles. The minimum Gasteiger partial charge on any atom is -0.351 e. The molecular weight excluding hydrogens is 294 g/mol. The van der Waals surface area contributed by atoms with Gasteiger partial charge < -0.3 is 5.32 Å². The molecule has 0 saturated carbocycles. The van der Waals surface area contributed by atoms with Crippen LogP contribution < -0.4 is 5.32 Å². The zero-order valence-corrected chi connectivity index (χ0v) is 12.7. The van der Waals surface area contributed by atoms with E-state index in [1.165, 1.54) is 11.3 Å². The third-order valence-electron chi connectivity index (χ3n) is 3.22. The van der Waals surface area contributed by atoms with Crippen LogP contribution in [0.3, 0.4) is 0 Å². The van der Waals surface area contributed by atoms with E-state index >= 15 is 0 Å². The fourth-order valence-electron chi connectivity index (χ4n) is 2.08. The number of amides is 1. The molecule has 3 aromatic heterocycles. The van der Waals surface area contributed by atoms with Crippen LogP contribution in [0.2, 0.25) is 0 Å². The Bertz CT molecular complexity index is 741. The number of nitrogens with zero attached hydrogens (tertiary/aromatic N) is 2. The number of carbonyl (C=O) groups is 1. The van der Waals surface area contributed by atoms with Crippen LogP contribution in [0.15, 0.2) is 61.2 Å². The third kappa shape index (κ3) is 3.56. The van der Waals surface area contributed by atoms with E-state index in [2.05, 4.69) is 15.3 Å². The SMILES string of the molecule is O=C(NCCc1cccnc1)c1ccc(-c2ccncc2)s1. The van der Waals surface area contributed by atoms with Gasteiger partial charge in [0.2, 0.25) is 0 Å². The molecular formula is C17H15N3OS. The normalized spacial score (nSPS) is 10.4. The first-order valence-electron chi connectivity index (χ1n) is 7.00. The Kier molecular flexibility index (Phi) is 4.56. The van der Waals surface area contributed by atoms with E-state index in [0.717, 1.165) is 27.3 Å². The average molecular weight is 309 g/mol. The van der Waals surface area contributed by atoms with Gasteiger partial charge >= 0.3 is 0 Å². The van der Waals surface area contributed by atoms with Gasteiger partial charge in [-0.05, 0) is 47.9 Å². The van der Waals surface area contributed by atoms with E-state index in [9.17, 15) is 4.79 Å². The highest BCUT2D eigenvalue weighted by molar-refractivity contribution is 7.17. The van der Waals surface area contributed by atoms with Crippen LogP contribution in [0.25, 0.3) is 10.4 Å². The molecule has 0 aromatic carbocycles. The number of thiophene rings is 1. The molecule has 3 heterocycles. The predicted molar refractivity (Wildman–Crippen MR) is 87.8 cm³/mol. The molecule has 1 N–H and O–H groups in total. The van der Waals surface area contributed by atoms with Crippen molar-refractivity contribution in [3.63, 3.8) is 0 Å². The molecule has 0 spiro atoms. The smallest absolute Gasteiger partial charge is 0.261 e. The van der Waals surface area contributed by atoms with Crippen LogP contribution in [-0.4, -0.2) is 22.4 Å². The Balaban J connectivity index is 1.58. The number of pyridine rings is 2. The van der Waals surface area contributed by atoms with Gasteiger partial charge in [-0.25, -0.2) is 0 Å². The maximum Gasteiger partial charge on any atom is 0.261 e. The molecule has 110 valence electrons. The van der Waals surface area contributed by atoms with E-state index in [0.29, 0.717) is 6.54 Å². The van der Waals surface area contributed by atoms with Crippen LogP contribution in [0.1, 0.15) is 15.2 Å². The van der Waals surface area contributed by atoms with E-state index in [-0.39, 0.29) is 5.91 Å². The van der Waals surface area contributed by atoms with Crippen LogP contribution in [0, 0.1) is 0 Å². The summed E-state index contributed by atoms with van der Waals surface area (Å²) >= 11 is 1.49. The number of carbonyl (C=O) groups excluding carboxylic acids is 1. The van der Waals surface area contributed by atoms with Crippen molar-refractivity contribution in [1.82, 2.24) is 15.3 Å². The quantitative estimate of drug-likeness (QED) is 0.787. The van der Waals surface area contributed by atoms with Crippen molar-refractivity contribution in [2.24, 2.45) is 0 Å². The van der Waals surface area contributed by atoms with E-state index in [1.54, 1.807) is 18.6 Å². The standard InChI is InChI=1S/C17H15N3OS/c21-17(20-11-5-13-2-1-8-19-12-13)16-4-3-15(22-16)14-6-9-18-10-7-14/h1-4,6-10,12H,5,11H2,(H,20,21). The van der Waals surface area contributed by atoms with Crippen molar-refractivity contribution in [1.29, 1.82) is 0 Å². The largest absolute Gasteiger partial charge is 0.351 e. The first-order valence-corrected chi connectivity index (χ1v) is 7.82. The van der Waals surface area contributed by atoms with Gasteiger partial charge in [-0.15, -0.1) is 11.3 Å². The van der Waals surface area contributed by atoms with Crippen molar-refractivity contribution < 1.29 is 4.79 Å². The summed E-state index contributed by atoms with van der Waals surface area (Å²) in [5.41, 5.74) is 2.20. The van der Waals surface area contributed by atoms with Gasteiger partial charge in [-0.2, -0.15) is 0 Å². The topological polar surface area (TPSA) is 54.9 Å². The lowest BCUT2D eigenvalue weighted by Crippen LogP contribution is -2.24. The Hall–Kier alpha value is -2.53. The van der Waals surface area contributed by atoms with Crippen molar-refractivity contribution in [2.45, 2.75) is 6.42 Å². The molecule has 3 rings (SSSR count). The molecule has 0 aliphatic heterocycles. The van der Waals surface area contributed by atoms with Crippen LogP contribution in [-0.2, 0) is 6.42 Å². The molecule has 1 amide bonds. The molecule has 0 radical (unpaired) electrons. The zero-order chi connectivity index (χ0) is 15.2. The van der Waals surface area contributed by atoms with Crippen molar-refractivity contribution in [2.75, 3.05) is 6.54 Å². The van der Waals surface area contributed by atoms with Gasteiger partial charge in [0.05, 0.1) is 4.88 Å². The van der Waals surface area contributed by atoms with Crippen molar-refractivity contribution in [3.8, 4) is 10.4 Å². The highest BCUT2D eigenvalue weighted by Crippen LogP contribution is 2.27. The fourth-order valence-corrected chi connectivity index (χ4v) is 3.01. The summed E-state index contributed by atoms with van der Waals surface area (Å²) in [7, 11) is 0. The second-order valence-corrected chi connectivity index (χ2v) is 5.85. The first kappa shape index (κ1) is 14.4. The Morgan fingerprint density at radius 2 is 1.91 bits per heavy atom. The number of hydrogen-bond donors (Lipinski definition) is 1. The number of hydrogen-bond acceptors (Lipinski definition) is 4. The van der Waals surface area contributed by atoms with E-state index in [4.69, 9.17) is 0 Å². The lowest BCUT2D eigenvalue weighted by atomic mass is 10.2. The zero-order valence-electron chi connectivity index (χ0n) is 11.9. The van der Waals surface area contributed by atoms with Gasteiger partial charge in [0, 0.05) is 36.2 Å². The summed E-state index contributed by atoms with van der Waals surface area (Å²) in [4.78, 5) is 22.0. The van der Waals surface area contributed by atoms with Gasteiger partial charge in [0.15, 0.2) is 0 Å². The summed E-state index contributed by atoms with van der Waals surface area (Å²) in [5.74, 6) is -0.0332. The highest BCUT2D eigenvalue weighted by atomic mass is 32.1. The summed E-state index contributed by atoms with van der Waals surface area (Å²) in [5, 5.41) is 2.94. The highest BCUT2D eigenvalue weighted by Gasteiger charge is 2.09. The summed E-state index contributed by atoms with van der Waals surface area (Å²) in [6.07, 6.45) is 7.85. The molecule has 0 atom stereocenters. The number of nitrogens with one attached hydrogen (secondary N) is 1. The average Bonchev–Trinajstić information content (AvgIpc) is 3.07. The Morgan fingerprint density at radius 3 is 2.68 bits per heavy atom. The fraction of sp³-hybridized carbons (Fsp3) is 0.118. The Labute approximate surface area is 132 Å². The molecule has 22 heavy (non-hydrogen) atoms. The monoisotopic (exact) mass is 309 g/mol. The Morgan fingerprint density at radius 1 is 1.05 bits per heavy atom. The molecule has 0 aliphatic carbocycles. The summed E-state index contributed by atoms with van der Waals surface area (Å²) in [6, 6.07) is 11.6. The van der Waals surface area contributed by atoms with Crippen molar-refractivity contribution in [3.05, 3.63) is 71.6 Å². The van der Waals surface area contributed by atoms with E-state index < -0.39 is 0 Å². The minimum atomic E-state index is -0.0332. The summed E-state index contributed by atoms with van der Waals surface area (Å²) < 4.78 is 0. The lowest BCUT2D eigenvalue weighted by molar-refractivity contribution is 0.0958. The first-order chi connectivity index (χ1) is 10.8. The lowest BCUT2D eigenvalue weighted by Gasteiger charge is -2.03. The second-order valence-electron chi connectivity index (χ2n) is 4.77. The summed E-state index contributed by atoms with van der Waals surface area (Å²) in [6.45, 7) is 0.604. The minimum absolute atomic E-state index is 0.0332.